The van der Waals surface area contributed by atoms with Gasteiger partial charge in [-0.2, -0.15) is 0 Å². The van der Waals surface area contributed by atoms with Gasteiger partial charge in [-0.25, -0.2) is 4.98 Å². The molecular weight excluding hydrogens is 384 g/mol. The lowest BCUT2D eigenvalue weighted by atomic mass is 10.2. The van der Waals surface area contributed by atoms with Gasteiger partial charge in [-0.05, 0) is 61.0 Å². The SMILES string of the molecule is Cc1ccc2nc(-c3ccc(NC(=O)C4COc5ccccc5O4)cc3)sc2c1. The molecule has 0 spiro atoms. The summed E-state index contributed by atoms with van der Waals surface area (Å²) in [7, 11) is 0. The average Bonchev–Trinajstić information content (AvgIpc) is 3.17. The van der Waals surface area contributed by atoms with Gasteiger partial charge in [0, 0.05) is 11.3 Å². The third kappa shape index (κ3) is 3.54. The van der Waals surface area contributed by atoms with Crippen molar-refractivity contribution in [3.63, 3.8) is 0 Å². The first-order valence-corrected chi connectivity index (χ1v) is 10.1. The summed E-state index contributed by atoms with van der Waals surface area (Å²) in [4.78, 5) is 17.3. The van der Waals surface area contributed by atoms with E-state index < -0.39 is 6.10 Å². The monoisotopic (exact) mass is 402 g/mol. The predicted octanol–water partition coefficient (Wildman–Crippen LogP) is 5.05. The summed E-state index contributed by atoms with van der Waals surface area (Å²) >= 11 is 1.67. The normalized spacial score (nSPS) is 15.3. The van der Waals surface area contributed by atoms with Crippen LogP contribution in [0, 0.1) is 6.92 Å². The van der Waals surface area contributed by atoms with E-state index >= 15 is 0 Å². The maximum atomic E-state index is 12.6. The molecule has 1 aliphatic heterocycles. The van der Waals surface area contributed by atoms with Gasteiger partial charge in [0.25, 0.3) is 5.91 Å². The van der Waals surface area contributed by atoms with E-state index in [0.29, 0.717) is 17.2 Å². The van der Waals surface area contributed by atoms with Crippen molar-refractivity contribution >= 4 is 33.1 Å². The van der Waals surface area contributed by atoms with Crippen LogP contribution in [0.2, 0.25) is 0 Å². The first kappa shape index (κ1) is 17.7. The highest BCUT2D eigenvalue weighted by atomic mass is 32.1. The molecule has 1 atom stereocenters. The number of fused-ring (bicyclic) bond motifs is 2. The zero-order chi connectivity index (χ0) is 19.8. The van der Waals surface area contributed by atoms with E-state index in [9.17, 15) is 4.79 Å². The number of benzene rings is 3. The highest BCUT2D eigenvalue weighted by molar-refractivity contribution is 7.21. The lowest BCUT2D eigenvalue weighted by Crippen LogP contribution is -2.40. The third-order valence-electron chi connectivity index (χ3n) is 4.74. The number of nitrogens with one attached hydrogen (secondary N) is 1. The minimum absolute atomic E-state index is 0.187. The molecule has 5 rings (SSSR count). The fraction of sp³-hybridized carbons (Fsp3) is 0.130. The van der Waals surface area contributed by atoms with Crippen LogP contribution in [0.4, 0.5) is 5.69 Å². The number of amides is 1. The second-order valence-corrected chi connectivity index (χ2v) is 7.95. The van der Waals surface area contributed by atoms with Gasteiger partial charge in [0.15, 0.2) is 11.5 Å². The number of hydrogen-bond donors (Lipinski definition) is 1. The quantitative estimate of drug-likeness (QED) is 0.521. The Morgan fingerprint density at radius 1 is 1.07 bits per heavy atom. The molecule has 1 aliphatic rings. The topological polar surface area (TPSA) is 60.5 Å². The van der Waals surface area contributed by atoms with Crippen LogP contribution < -0.4 is 14.8 Å². The zero-order valence-electron chi connectivity index (χ0n) is 15.7. The number of nitrogens with zero attached hydrogens (tertiary/aromatic N) is 1. The minimum atomic E-state index is -0.683. The standard InChI is InChI=1S/C23H18N2O3S/c1-14-6-11-17-21(12-14)29-23(25-17)15-7-9-16(10-8-15)24-22(26)20-13-27-18-4-2-3-5-19(18)28-20/h2-12,20H,13H2,1H3,(H,24,26). The molecule has 0 fully saturated rings. The minimum Gasteiger partial charge on any atom is -0.485 e. The van der Waals surface area contributed by atoms with Gasteiger partial charge in [0.2, 0.25) is 6.10 Å². The van der Waals surface area contributed by atoms with E-state index in [2.05, 4.69) is 24.4 Å². The molecule has 1 unspecified atom stereocenters. The Labute approximate surface area is 171 Å². The molecule has 4 aromatic rings. The van der Waals surface area contributed by atoms with Crippen LogP contribution in [-0.2, 0) is 4.79 Å². The summed E-state index contributed by atoms with van der Waals surface area (Å²) in [5.41, 5.74) is 3.95. The molecule has 6 heteroatoms. The van der Waals surface area contributed by atoms with Crippen molar-refractivity contribution in [1.29, 1.82) is 0 Å². The van der Waals surface area contributed by atoms with Crippen LogP contribution in [0.5, 0.6) is 11.5 Å². The molecule has 0 saturated carbocycles. The summed E-state index contributed by atoms with van der Waals surface area (Å²) in [5.74, 6) is 1.01. The Morgan fingerprint density at radius 3 is 2.69 bits per heavy atom. The van der Waals surface area contributed by atoms with E-state index in [1.165, 1.54) is 10.3 Å². The maximum absolute atomic E-state index is 12.6. The summed E-state index contributed by atoms with van der Waals surface area (Å²) in [5, 5.41) is 3.86. The Hall–Kier alpha value is -3.38. The van der Waals surface area contributed by atoms with Crippen molar-refractivity contribution in [2.75, 3.05) is 11.9 Å². The Balaban J connectivity index is 1.29. The van der Waals surface area contributed by atoms with Crippen LogP contribution in [-0.4, -0.2) is 23.6 Å². The molecular formula is C23H18N2O3S. The molecule has 144 valence electrons. The van der Waals surface area contributed by atoms with Crippen molar-refractivity contribution < 1.29 is 14.3 Å². The van der Waals surface area contributed by atoms with Crippen molar-refractivity contribution in [1.82, 2.24) is 4.98 Å². The number of hydrogen-bond acceptors (Lipinski definition) is 5. The molecule has 0 saturated heterocycles. The number of anilines is 1. The van der Waals surface area contributed by atoms with Crippen LogP contribution in [0.25, 0.3) is 20.8 Å². The molecule has 2 heterocycles. The largest absolute Gasteiger partial charge is 0.485 e. The molecule has 3 aromatic carbocycles. The van der Waals surface area contributed by atoms with E-state index in [1.54, 1.807) is 17.4 Å². The van der Waals surface area contributed by atoms with Gasteiger partial charge in [-0.15, -0.1) is 11.3 Å². The number of carbonyl (C=O) groups excluding carboxylic acids is 1. The van der Waals surface area contributed by atoms with Gasteiger partial charge < -0.3 is 14.8 Å². The highest BCUT2D eigenvalue weighted by Gasteiger charge is 2.27. The molecule has 1 N–H and O–H groups in total. The number of aryl methyl sites for hydroxylation is 1. The lowest BCUT2D eigenvalue weighted by molar-refractivity contribution is -0.125. The number of ether oxygens (including phenoxy) is 2. The maximum Gasteiger partial charge on any atom is 0.269 e. The summed E-state index contributed by atoms with van der Waals surface area (Å²) in [6.07, 6.45) is -0.683. The Morgan fingerprint density at radius 2 is 1.86 bits per heavy atom. The van der Waals surface area contributed by atoms with E-state index in [4.69, 9.17) is 14.5 Å². The molecule has 0 aliphatic carbocycles. The van der Waals surface area contributed by atoms with Gasteiger partial charge in [-0.1, -0.05) is 18.2 Å². The van der Waals surface area contributed by atoms with Crippen LogP contribution in [0.15, 0.2) is 66.7 Å². The van der Waals surface area contributed by atoms with Gasteiger partial charge in [0.05, 0.1) is 10.2 Å². The van der Waals surface area contributed by atoms with Crippen LogP contribution in [0.3, 0.4) is 0 Å². The van der Waals surface area contributed by atoms with Crippen LogP contribution >= 0.6 is 11.3 Å². The fourth-order valence-electron chi connectivity index (χ4n) is 3.22. The van der Waals surface area contributed by atoms with E-state index in [1.807, 2.05) is 48.5 Å². The first-order chi connectivity index (χ1) is 14.2. The van der Waals surface area contributed by atoms with Gasteiger partial charge in [0.1, 0.15) is 11.6 Å². The molecule has 5 nitrogen and oxygen atoms in total. The number of para-hydroxylation sites is 2. The van der Waals surface area contributed by atoms with Crippen molar-refractivity contribution in [3.05, 3.63) is 72.3 Å². The number of carbonyl (C=O) groups is 1. The molecule has 1 aromatic heterocycles. The second kappa shape index (κ2) is 7.22. The third-order valence-corrected chi connectivity index (χ3v) is 5.81. The van der Waals surface area contributed by atoms with Crippen LogP contribution in [0.1, 0.15) is 5.56 Å². The van der Waals surface area contributed by atoms with Crippen molar-refractivity contribution in [2.45, 2.75) is 13.0 Å². The number of rotatable bonds is 3. The van der Waals surface area contributed by atoms with E-state index in [-0.39, 0.29) is 12.5 Å². The molecule has 0 bridgehead atoms. The van der Waals surface area contributed by atoms with Crippen molar-refractivity contribution in [2.24, 2.45) is 0 Å². The zero-order valence-corrected chi connectivity index (χ0v) is 16.5. The summed E-state index contributed by atoms with van der Waals surface area (Å²) in [6, 6.07) is 21.3. The smallest absolute Gasteiger partial charge is 0.269 e. The first-order valence-electron chi connectivity index (χ1n) is 9.33. The molecule has 0 radical (unpaired) electrons. The summed E-state index contributed by atoms with van der Waals surface area (Å²) < 4.78 is 12.5. The number of thiazole rings is 1. The van der Waals surface area contributed by atoms with E-state index in [0.717, 1.165) is 16.1 Å². The van der Waals surface area contributed by atoms with Gasteiger partial charge in [-0.3, -0.25) is 4.79 Å². The second-order valence-electron chi connectivity index (χ2n) is 6.92. The summed E-state index contributed by atoms with van der Waals surface area (Å²) in [6.45, 7) is 2.27. The molecule has 29 heavy (non-hydrogen) atoms. The fourth-order valence-corrected chi connectivity index (χ4v) is 4.29. The lowest BCUT2D eigenvalue weighted by Gasteiger charge is -2.25. The predicted molar refractivity (Wildman–Crippen MR) is 115 cm³/mol. The highest BCUT2D eigenvalue weighted by Crippen LogP contribution is 2.32. The average molecular weight is 402 g/mol. The Bertz CT molecular complexity index is 1200. The van der Waals surface area contributed by atoms with Gasteiger partial charge >= 0.3 is 0 Å². The molecule has 1 amide bonds. The van der Waals surface area contributed by atoms with Crippen molar-refractivity contribution in [3.8, 4) is 22.1 Å². The number of aromatic nitrogens is 1. The Kier molecular flexibility index (Phi) is 4.41.